The summed E-state index contributed by atoms with van der Waals surface area (Å²) in [5.41, 5.74) is 8.30. The molecule has 2 fully saturated rings. The number of pyridine rings is 1. The van der Waals surface area contributed by atoms with Crippen molar-refractivity contribution in [3.63, 3.8) is 0 Å². The molecule has 1 unspecified atom stereocenters. The molecular formula is C14H18N4. The monoisotopic (exact) mass is 242 g/mol. The summed E-state index contributed by atoms with van der Waals surface area (Å²) in [6.07, 6.45) is 7.86. The van der Waals surface area contributed by atoms with Gasteiger partial charge in [0.15, 0.2) is 5.65 Å². The van der Waals surface area contributed by atoms with Crippen LogP contribution < -0.4 is 5.73 Å². The Kier molecular flexibility index (Phi) is 2.21. The summed E-state index contributed by atoms with van der Waals surface area (Å²) in [6.45, 7) is 0. The van der Waals surface area contributed by atoms with E-state index in [0.29, 0.717) is 6.04 Å². The normalized spacial score (nSPS) is 21.4. The van der Waals surface area contributed by atoms with E-state index in [1.165, 1.54) is 25.7 Å². The highest BCUT2D eigenvalue weighted by Crippen LogP contribution is 2.39. The molecule has 4 rings (SSSR count). The number of hydrogen-bond acceptors (Lipinski definition) is 3. The molecule has 0 amide bonds. The molecule has 0 bridgehead atoms. The van der Waals surface area contributed by atoms with Gasteiger partial charge in [0.2, 0.25) is 0 Å². The minimum Gasteiger partial charge on any atom is -0.327 e. The molecule has 0 spiro atoms. The first-order valence-corrected chi connectivity index (χ1v) is 6.90. The van der Waals surface area contributed by atoms with E-state index in [2.05, 4.69) is 9.55 Å². The molecule has 2 aromatic heterocycles. The highest BCUT2D eigenvalue weighted by Gasteiger charge is 2.33. The Morgan fingerprint density at radius 1 is 1.33 bits per heavy atom. The molecule has 0 saturated heterocycles. The van der Waals surface area contributed by atoms with Crippen molar-refractivity contribution in [2.24, 2.45) is 11.7 Å². The number of hydrogen-bond donors (Lipinski definition) is 1. The summed E-state index contributed by atoms with van der Waals surface area (Å²) in [4.78, 5) is 9.24. The van der Waals surface area contributed by atoms with E-state index in [-0.39, 0.29) is 6.04 Å². The van der Waals surface area contributed by atoms with E-state index < -0.39 is 0 Å². The fraction of sp³-hybridized carbons (Fsp3) is 0.571. The van der Waals surface area contributed by atoms with E-state index in [0.717, 1.165) is 29.3 Å². The van der Waals surface area contributed by atoms with Crippen LogP contribution in [0.3, 0.4) is 0 Å². The standard InChI is InChI=1S/C14H18N4/c15-11(9-3-4-9)8-13-17-12-2-1-7-16-14(12)18(13)10-5-6-10/h1-2,7,9-11H,3-6,8,15H2. The molecule has 4 nitrogen and oxygen atoms in total. The number of aromatic nitrogens is 3. The van der Waals surface area contributed by atoms with Crippen LogP contribution in [-0.4, -0.2) is 20.6 Å². The zero-order chi connectivity index (χ0) is 12.1. The molecule has 18 heavy (non-hydrogen) atoms. The second-order valence-electron chi connectivity index (χ2n) is 5.68. The van der Waals surface area contributed by atoms with Crippen molar-refractivity contribution in [3.8, 4) is 0 Å². The van der Waals surface area contributed by atoms with Crippen molar-refractivity contribution in [1.29, 1.82) is 0 Å². The van der Waals surface area contributed by atoms with Gasteiger partial charge < -0.3 is 10.3 Å². The largest absolute Gasteiger partial charge is 0.327 e. The Balaban J connectivity index is 1.75. The average Bonchev–Trinajstić information content (AvgIpc) is 3.24. The molecule has 2 aliphatic rings. The maximum atomic E-state index is 6.25. The summed E-state index contributed by atoms with van der Waals surface area (Å²) < 4.78 is 2.33. The predicted molar refractivity (Wildman–Crippen MR) is 70.2 cm³/mol. The molecule has 0 radical (unpaired) electrons. The van der Waals surface area contributed by atoms with Gasteiger partial charge in [-0.1, -0.05) is 0 Å². The maximum absolute atomic E-state index is 6.25. The van der Waals surface area contributed by atoms with Gasteiger partial charge in [-0.05, 0) is 43.7 Å². The van der Waals surface area contributed by atoms with Crippen LogP contribution in [0, 0.1) is 5.92 Å². The van der Waals surface area contributed by atoms with Crippen LogP contribution in [0.15, 0.2) is 18.3 Å². The summed E-state index contributed by atoms with van der Waals surface area (Å²) in [6, 6.07) is 4.90. The average molecular weight is 242 g/mol. The van der Waals surface area contributed by atoms with E-state index in [1.807, 2.05) is 18.3 Å². The summed E-state index contributed by atoms with van der Waals surface area (Å²) in [5, 5.41) is 0. The third-order valence-corrected chi connectivity index (χ3v) is 4.08. The first kappa shape index (κ1) is 10.5. The van der Waals surface area contributed by atoms with Crippen LogP contribution in [0.5, 0.6) is 0 Å². The highest BCUT2D eigenvalue weighted by atomic mass is 15.2. The highest BCUT2D eigenvalue weighted by molar-refractivity contribution is 5.71. The fourth-order valence-electron chi connectivity index (χ4n) is 2.74. The van der Waals surface area contributed by atoms with Crippen LogP contribution >= 0.6 is 0 Å². The number of fused-ring (bicyclic) bond motifs is 1. The predicted octanol–water partition coefficient (Wildman–Crippen LogP) is 2.05. The lowest BCUT2D eigenvalue weighted by atomic mass is 10.1. The molecule has 0 aromatic carbocycles. The van der Waals surface area contributed by atoms with Gasteiger partial charge in [-0.25, -0.2) is 9.97 Å². The molecule has 2 heterocycles. The number of nitrogens with zero attached hydrogens (tertiary/aromatic N) is 3. The van der Waals surface area contributed by atoms with Crippen molar-refractivity contribution in [2.45, 2.75) is 44.2 Å². The second-order valence-corrected chi connectivity index (χ2v) is 5.68. The van der Waals surface area contributed by atoms with Crippen LogP contribution in [0.1, 0.15) is 37.5 Å². The van der Waals surface area contributed by atoms with Crippen molar-refractivity contribution >= 4 is 11.2 Å². The molecule has 0 aliphatic heterocycles. The lowest BCUT2D eigenvalue weighted by Crippen LogP contribution is -2.26. The summed E-state index contributed by atoms with van der Waals surface area (Å²) in [5.74, 6) is 1.87. The van der Waals surface area contributed by atoms with Gasteiger partial charge in [0.25, 0.3) is 0 Å². The van der Waals surface area contributed by atoms with Crippen LogP contribution in [0.2, 0.25) is 0 Å². The fourth-order valence-corrected chi connectivity index (χ4v) is 2.74. The Bertz CT molecular complexity index is 580. The summed E-state index contributed by atoms with van der Waals surface area (Å²) >= 11 is 0. The van der Waals surface area contributed by atoms with E-state index in [9.17, 15) is 0 Å². The second kappa shape index (κ2) is 3.79. The quantitative estimate of drug-likeness (QED) is 0.892. The van der Waals surface area contributed by atoms with Crippen molar-refractivity contribution in [1.82, 2.24) is 14.5 Å². The topological polar surface area (TPSA) is 56.7 Å². The first-order chi connectivity index (χ1) is 8.83. The molecule has 2 N–H and O–H groups in total. The van der Waals surface area contributed by atoms with Gasteiger partial charge in [-0.2, -0.15) is 0 Å². The van der Waals surface area contributed by atoms with E-state index in [4.69, 9.17) is 10.7 Å². The first-order valence-electron chi connectivity index (χ1n) is 6.90. The van der Waals surface area contributed by atoms with E-state index >= 15 is 0 Å². The van der Waals surface area contributed by atoms with Crippen molar-refractivity contribution < 1.29 is 0 Å². The van der Waals surface area contributed by atoms with Gasteiger partial charge in [-0.15, -0.1) is 0 Å². The van der Waals surface area contributed by atoms with Crippen LogP contribution in [-0.2, 0) is 6.42 Å². The smallest absolute Gasteiger partial charge is 0.160 e. The molecule has 2 aromatic rings. The lowest BCUT2D eigenvalue weighted by Gasteiger charge is -2.11. The van der Waals surface area contributed by atoms with Gasteiger partial charge in [-0.3, -0.25) is 0 Å². The van der Waals surface area contributed by atoms with Crippen LogP contribution in [0.25, 0.3) is 11.2 Å². The molecule has 2 aliphatic carbocycles. The van der Waals surface area contributed by atoms with Gasteiger partial charge >= 0.3 is 0 Å². The Labute approximate surface area is 106 Å². The molecule has 94 valence electrons. The van der Waals surface area contributed by atoms with Gasteiger partial charge in [0.05, 0.1) is 0 Å². The van der Waals surface area contributed by atoms with E-state index in [1.54, 1.807) is 0 Å². The summed E-state index contributed by atoms with van der Waals surface area (Å²) in [7, 11) is 0. The molecule has 1 atom stereocenters. The SMILES string of the molecule is NC(Cc1nc2cccnc2n1C1CC1)C1CC1. The van der Waals surface area contributed by atoms with Gasteiger partial charge in [0, 0.05) is 24.7 Å². The Hall–Kier alpha value is -1.42. The number of nitrogens with two attached hydrogens (primary N) is 1. The number of rotatable bonds is 4. The number of imidazole rings is 1. The van der Waals surface area contributed by atoms with Crippen molar-refractivity contribution in [3.05, 3.63) is 24.2 Å². The third-order valence-electron chi connectivity index (χ3n) is 4.08. The Morgan fingerprint density at radius 2 is 2.17 bits per heavy atom. The maximum Gasteiger partial charge on any atom is 0.160 e. The zero-order valence-electron chi connectivity index (χ0n) is 10.4. The Morgan fingerprint density at radius 3 is 2.89 bits per heavy atom. The minimum atomic E-state index is 0.277. The zero-order valence-corrected chi connectivity index (χ0v) is 10.4. The molecule has 2 saturated carbocycles. The minimum absolute atomic E-state index is 0.277. The van der Waals surface area contributed by atoms with Crippen molar-refractivity contribution in [2.75, 3.05) is 0 Å². The third kappa shape index (κ3) is 1.72. The molecule has 4 heteroatoms. The van der Waals surface area contributed by atoms with Gasteiger partial charge in [0.1, 0.15) is 11.3 Å². The lowest BCUT2D eigenvalue weighted by molar-refractivity contribution is 0.554. The van der Waals surface area contributed by atoms with Crippen LogP contribution in [0.4, 0.5) is 0 Å². The molecular weight excluding hydrogens is 224 g/mol.